The molecule has 0 aliphatic carbocycles. The fourth-order valence-electron chi connectivity index (χ4n) is 2.13. The molecule has 0 unspecified atom stereocenters. The number of carbonyl (C=O) groups excluding carboxylic acids is 2. The lowest BCUT2D eigenvalue weighted by molar-refractivity contribution is 0.0734. The molecule has 0 radical (unpaired) electrons. The van der Waals surface area contributed by atoms with Crippen molar-refractivity contribution < 1.29 is 18.7 Å². The van der Waals surface area contributed by atoms with Crippen LogP contribution in [0.2, 0.25) is 0 Å². The monoisotopic (exact) mass is 321 g/mol. The maximum absolute atomic E-state index is 12.1. The lowest BCUT2D eigenvalue weighted by atomic mass is 10.2. The number of rotatable bonds is 4. The summed E-state index contributed by atoms with van der Waals surface area (Å²) >= 11 is 0. The number of nitrogens with one attached hydrogen (secondary N) is 1. The Morgan fingerprint density at radius 3 is 2.46 bits per heavy atom. The van der Waals surface area contributed by atoms with E-state index in [1.165, 1.54) is 6.26 Å². The summed E-state index contributed by atoms with van der Waals surface area (Å²) in [6, 6.07) is 16.9. The van der Waals surface area contributed by atoms with Gasteiger partial charge in [0.2, 0.25) is 0 Å². The first-order chi connectivity index (χ1) is 11.6. The Labute approximate surface area is 138 Å². The summed E-state index contributed by atoms with van der Waals surface area (Å²) in [5.74, 6) is -0.0901. The fraction of sp³-hybridized carbons (Fsp3) is 0.0526. The van der Waals surface area contributed by atoms with Crippen molar-refractivity contribution in [3.05, 3.63) is 83.8 Å². The van der Waals surface area contributed by atoms with E-state index in [2.05, 4.69) is 5.32 Å². The number of esters is 1. The Hall–Kier alpha value is -3.34. The number of ether oxygens (including phenoxy) is 1. The molecule has 24 heavy (non-hydrogen) atoms. The molecule has 1 amide bonds. The zero-order valence-electron chi connectivity index (χ0n) is 13.0. The second kappa shape index (κ2) is 6.83. The molecule has 0 saturated carbocycles. The Balaban J connectivity index is 1.65. The molecule has 2 aromatic carbocycles. The van der Waals surface area contributed by atoms with Crippen molar-refractivity contribution in [3.63, 3.8) is 0 Å². The molecule has 3 aromatic rings. The Bertz CT molecular complexity index is 851. The van der Waals surface area contributed by atoms with Gasteiger partial charge >= 0.3 is 5.97 Å². The summed E-state index contributed by atoms with van der Waals surface area (Å²) < 4.78 is 10.3. The van der Waals surface area contributed by atoms with Crippen LogP contribution < -0.4 is 10.1 Å². The van der Waals surface area contributed by atoms with Crippen LogP contribution in [0.1, 0.15) is 26.5 Å². The molecule has 0 saturated heterocycles. The van der Waals surface area contributed by atoms with Crippen LogP contribution in [0.3, 0.4) is 0 Å². The van der Waals surface area contributed by atoms with E-state index in [9.17, 15) is 9.59 Å². The summed E-state index contributed by atoms with van der Waals surface area (Å²) in [6.45, 7) is 1.92. The molecular formula is C19H15NO4. The van der Waals surface area contributed by atoms with Crippen molar-refractivity contribution in [1.29, 1.82) is 0 Å². The second-order valence-electron chi connectivity index (χ2n) is 5.21. The largest absolute Gasteiger partial charge is 0.459 e. The van der Waals surface area contributed by atoms with Gasteiger partial charge in [0, 0.05) is 5.69 Å². The third kappa shape index (κ3) is 3.70. The zero-order chi connectivity index (χ0) is 16.9. The van der Waals surface area contributed by atoms with Crippen LogP contribution in [-0.4, -0.2) is 11.9 Å². The molecule has 0 atom stereocenters. The van der Waals surface area contributed by atoms with E-state index in [1.54, 1.807) is 48.5 Å². The molecule has 0 bridgehead atoms. The first-order valence-electron chi connectivity index (χ1n) is 7.35. The van der Waals surface area contributed by atoms with Crippen LogP contribution in [-0.2, 0) is 0 Å². The minimum atomic E-state index is -0.454. The Kier molecular flexibility index (Phi) is 4.43. The van der Waals surface area contributed by atoms with Gasteiger partial charge < -0.3 is 14.5 Å². The van der Waals surface area contributed by atoms with E-state index in [4.69, 9.17) is 9.15 Å². The van der Waals surface area contributed by atoms with Crippen molar-refractivity contribution in [2.24, 2.45) is 0 Å². The number of benzene rings is 2. The van der Waals surface area contributed by atoms with Crippen LogP contribution in [0.4, 0.5) is 5.69 Å². The molecule has 1 aromatic heterocycles. The predicted octanol–water partition coefficient (Wildman–Crippen LogP) is 4.06. The van der Waals surface area contributed by atoms with Crippen LogP contribution >= 0.6 is 0 Å². The fourth-order valence-corrected chi connectivity index (χ4v) is 2.13. The smallest absolute Gasteiger partial charge is 0.343 e. The molecule has 120 valence electrons. The SMILES string of the molecule is Cc1cccc(OC(=O)c2ccc(NC(=O)c3ccco3)cc2)c1. The molecule has 1 N–H and O–H groups in total. The van der Waals surface area contributed by atoms with Crippen LogP contribution in [0.5, 0.6) is 5.75 Å². The van der Waals surface area contributed by atoms with E-state index >= 15 is 0 Å². The molecule has 0 aliphatic rings. The van der Waals surface area contributed by atoms with Gasteiger partial charge in [0.1, 0.15) is 5.75 Å². The molecule has 0 aliphatic heterocycles. The minimum Gasteiger partial charge on any atom is -0.459 e. The summed E-state index contributed by atoms with van der Waals surface area (Å²) in [5.41, 5.74) is 1.97. The van der Waals surface area contributed by atoms with Gasteiger partial charge in [-0.3, -0.25) is 4.79 Å². The number of hydrogen-bond acceptors (Lipinski definition) is 4. The zero-order valence-corrected chi connectivity index (χ0v) is 13.0. The average molecular weight is 321 g/mol. The van der Waals surface area contributed by atoms with Crippen molar-refractivity contribution in [2.75, 3.05) is 5.32 Å². The first kappa shape index (κ1) is 15.6. The third-order valence-electron chi connectivity index (χ3n) is 3.32. The molecule has 3 rings (SSSR count). The highest BCUT2D eigenvalue weighted by Gasteiger charge is 2.11. The quantitative estimate of drug-likeness (QED) is 0.581. The lowest BCUT2D eigenvalue weighted by Crippen LogP contribution is -2.12. The number of carbonyl (C=O) groups is 2. The highest BCUT2D eigenvalue weighted by atomic mass is 16.5. The maximum Gasteiger partial charge on any atom is 0.343 e. The first-order valence-corrected chi connectivity index (χ1v) is 7.35. The number of amides is 1. The lowest BCUT2D eigenvalue weighted by Gasteiger charge is -2.07. The van der Waals surface area contributed by atoms with Gasteiger partial charge in [0.25, 0.3) is 5.91 Å². The molecule has 0 fully saturated rings. The van der Waals surface area contributed by atoms with Crippen LogP contribution in [0.15, 0.2) is 71.3 Å². The molecule has 5 nitrogen and oxygen atoms in total. The van der Waals surface area contributed by atoms with Gasteiger partial charge in [-0.1, -0.05) is 12.1 Å². The van der Waals surface area contributed by atoms with Crippen molar-refractivity contribution in [1.82, 2.24) is 0 Å². The number of anilines is 1. The van der Waals surface area contributed by atoms with Gasteiger partial charge in [0.05, 0.1) is 11.8 Å². The van der Waals surface area contributed by atoms with Gasteiger partial charge in [-0.25, -0.2) is 4.79 Å². The van der Waals surface area contributed by atoms with Gasteiger partial charge in [-0.2, -0.15) is 0 Å². The van der Waals surface area contributed by atoms with Gasteiger partial charge in [-0.15, -0.1) is 0 Å². The van der Waals surface area contributed by atoms with E-state index in [0.29, 0.717) is 17.0 Å². The van der Waals surface area contributed by atoms with Crippen molar-refractivity contribution >= 4 is 17.6 Å². The van der Waals surface area contributed by atoms with E-state index in [-0.39, 0.29) is 11.7 Å². The van der Waals surface area contributed by atoms with Crippen molar-refractivity contribution in [3.8, 4) is 5.75 Å². The average Bonchev–Trinajstić information content (AvgIpc) is 3.10. The van der Waals surface area contributed by atoms with Crippen LogP contribution in [0.25, 0.3) is 0 Å². The maximum atomic E-state index is 12.1. The van der Waals surface area contributed by atoms with E-state index in [1.807, 2.05) is 19.1 Å². The van der Waals surface area contributed by atoms with E-state index in [0.717, 1.165) is 5.56 Å². The molecule has 5 heteroatoms. The highest BCUT2D eigenvalue weighted by molar-refractivity contribution is 6.02. The Morgan fingerprint density at radius 1 is 1.00 bits per heavy atom. The summed E-state index contributed by atoms with van der Waals surface area (Å²) in [5, 5.41) is 2.68. The number of furan rings is 1. The summed E-state index contributed by atoms with van der Waals surface area (Å²) in [4.78, 5) is 24.0. The standard InChI is InChI=1S/C19H15NO4/c1-13-4-2-5-16(12-13)24-19(22)14-7-9-15(10-8-14)20-18(21)17-6-3-11-23-17/h2-12H,1H3,(H,20,21). The minimum absolute atomic E-state index is 0.220. The molecular weight excluding hydrogens is 306 g/mol. The summed E-state index contributed by atoms with van der Waals surface area (Å²) in [7, 11) is 0. The number of hydrogen-bond donors (Lipinski definition) is 1. The van der Waals surface area contributed by atoms with E-state index < -0.39 is 5.97 Å². The van der Waals surface area contributed by atoms with Gasteiger partial charge in [-0.05, 0) is 61.0 Å². The third-order valence-corrected chi connectivity index (χ3v) is 3.32. The summed E-state index contributed by atoms with van der Waals surface area (Å²) in [6.07, 6.45) is 1.43. The Morgan fingerprint density at radius 2 is 1.79 bits per heavy atom. The predicted molar refractivity (Wildman–Crippen MR) is 89.2 cm³/mol. The van der Waals surface area contributed by atoms with Crippen molar-refractivity contribution in [2.45, 2.75) is 6.92 Å². The molecule has 1 heterocycles. The van der Waals surface area contributed by atoms with Crippen LogP contribution in [0, 0.1) is 6.92 Å². The number of aryl methyl sites for hydroxylation is 1. The second-order valence-corrected chi connectivity index (χ2v) is 5.21. The molecule has 0 spiro atoms. The topological polar surface area (TPSA) is 68.5 Å². The highest BCUT2D eigenvalue weighted by Crippen LogP contribution is 2.16. The van der Waals surface area contributed by atoms with Gasteiger partial charge in [0.15, 0.2) is 5.76 Å². The normalized spacial score (nSPS) is 10.2.